The van der Waals surface area contributed by atoms with Crippen LogP contribution in [0.1, 0.15) is 49.9 Å². The van der Waals surface area contributed by atoms with Crippen LogP contribution in [0.3, 0.4) is 0 Å². The second-order valence-electron chi connectivity index (χ2n) is 16.1. The lowest BCUT2D eigenvalue weighted by Gasteiger charge is -2.28. The summed E-state index contributed by atoms with van der Waals surface area (Å²) in [5.41, 5.74) is 18.2. The number of anilines is 3. The lowest BCUT2D eigenvalue weighted by molar-refractivity contribution is 0.660. The smallest absolute Gasteiger partial charge is 0.143 e. The summed E-state index contributed by atoms with van der Waals surface area (Å²) in [6.07, 6.45) is 0. The Hall–Kier alpha value is -6.38. The monoisotopic (exact) mass is 693 g/mol. The van der Waals surface area contributed by atoms with E-state index < -0.39 is 0 Å². The molecule has 0 bridgehead atoms. The Morgan fingerprint density at radius 1 is 0.407 bits per heavy atom. The Labute approximate surface area is 315 Å². The van der Waals surface area contributed by atoms with Gasteiger partial charge in [-0.05, 0) is 103 Å². The minimum Gasteiger partial charge on any atom is -0.455 e. The summed E-state index contributed by atoms with van der Waals surface area (Å²) in [4.78, 5) is 2.43. The molecule has 0 saturated heterocycles. The van der Waals surface area contributed by atoms with Gasteiger partial charge in [0.05, 0.1) is 0 Å². The molecule has 0 radical (unpaired) electrons. The predicted octanol–water partition coefficient (Wildman–Crippen LogP) is 14.5. The van der Waals surface area contributed by atoms with E-state index >= 15 is 0 Å². The molecule has 54 heavy (non-hydrogen) atoms. The van der Waals surface area contributed by atoms with Gasteiger partial charge < -0.3 is 9.32 Å². The maximum atomic E-state index is 6.63. The summed E-state index contributed by atoms with van der Waals surface area (Å²) in [6.45, 7) is 9.38. The number of nitrogens with zero attached hydrogens (tertiary/aromatic N) is 1. The quantitative estimate of drug-likeness (QED) is 0.182. The molecule has 0 spiro atoms. The largest absolute Gasteiger partial charge is 0.455 e. The molecule has 0 unspecified atom stereocenters. The molecule has 0 atom stereocenters. The first-order chi connectivity index (χ1) is 26.3. The topological polar surface area (TPSA) is 16.4 Å². The first-order valence-corrected chi connectivity index (χ1v) is 19.0. The Morgan fingerprint density at radius 3 is 1.57 bits per heavy atom. The van der Waals surface area contributed by atoms with Crippen molar-refractivity contribution in [3.63, 3.8) is 0 Å². The summed E-state index contributed by atoms with van der Waals surface area (Å²) in [6, 6.07) is 60.3. The number of rotatable bonds is 4. The van der Waals surface area contributed by atoms with Gasteiger partial charge in [-0.15, -0.1) is 0 Å². The van der Waals surface area contributed by atoms with E-state index in [-0.39, 0.29) is 10.8 Å². The fourth-order valence-corrected chi connectivity index (χ4v) is 9.73. The molecule has 1 heterocycles. The molecule has 258 valence electrons. The van der Waals surface area contributed by atoms with E-state index in [1.807, 2.05) is 0 Å². The van der Waals surface area contributed by atoms with E-state index in [0.717, 1.165) is 44.7 Å². The van der Waals surface area contributed by atoms with Crippen molar-refractivity contribution < 1.29 is 4.42 Å². The number of para-hydroxylation sites is 1. The van der Waals surface area contributed by atoms with Gasteiger partial charge in [-0.1, -0.05) is 149 Å². The van der Waals surface area contributed by atoms with Crippen molar-refractivity contribution in [1.29, 1.82) is 0 Å². The van der Waals surface area contributed by atoms with Crippen LogP contribution < -0.4 is 4.90 Å². The first kappa shape index (κ1) is 31.2. The zero-order valence-corrected chi connectivity index (χ0v) is 30.9. The van der Waals surface area contributed by atoms with E-state index in [1.54, 1.807) is 0 Å². The molecule has 2 nitrogen and oxygen atoms in total. The lowest BCUT2D eigenvalue weighted by atomic mass is 9.82. The minimum absolute atomic E-state index is 0.0518. The van der Waals surface area contributed by atoms with E-state index in [4.69, 9.17) is 4.42 Å². The first-order valence-electron chi connectivity index (χ1n) is 19.0. The van der Waals surface area contributed by atoms with E-state index in [9.17, 15) is 0 Å². The van der Waals surface area contributed by atoms with Crippen LogP contribution in [-0.2, 0) is 10.8 Å². The van der Waals surface area contributed by atoms with Crippen LogP contribution in [0, 0.1) is 0 Å². The van der Waals surface area contributed by atoms with Gasteiger partial charge in [0.25, 0.3) is 0 Å². The van der Waals surface area contributed by atoms with Gasteiger partial charge >= 0.3 is 0 Å². The molecule has 1 aromatic heterocycles. The normalized spacial score (nSPS) is 14.6. The average Bonchev–Trinajstić information content (AvgIpc) is 3.78. The predicted molar refractivity (Wildman–Crippen MR) is 226 cm³/mol. The molecule has 0 saturated carbocycles. The summed E-state index contributed by atoms with van der Waals surface area (Å²) >= 11 is 0. The summed E-state index contributed by atoms with van der Waals surface area (Å²) in [7, 11) is 0. The van der Waals surface area contributed by atoms with Crippen LogP contribution in [0.25, 0.3) is 66.1 Å². The molecular formula is C52H39NO. The van der Waals surface area contributed by atoms with Crippen LogP contribution in [0.5, 0.6) is 0 Å². The molecule has 2 aliphatic rings. The van der Waals surface area contributed by atoms with Crippen molar-refractivity contribution in [3.8, 4) is 33.4 Å². The number of fused-ring (bicyclic) bond motifs is 11. The second-order valence-corrected chi connectivity index (χ2v) is 16.1. The zero-order valence-electron chi connectivity index (χ0n) is 30.9. The molecule has 8 aromatic carbocycles. The van der Waals surface area contributed by atoms with Gasteiger partial charge in [0, 0.05) is 44.2 Å². The standard InChI is InChI=1S/C52H39NO/c1-51(2)44-18-9-7-14-39(44)42-30-35(25-27-46(42)51)53(36-26-28-47-43(31-36)40-15-8-10-19-45(40)52(47,3)4)34-23-20-33(21-24-34)38-16-11-17-41-49-37-13-6-5-12-32(37)22-29-48(49)54-50(38)41/h5-31H,1-4H3. The number of hydrogen-bond donors (Lipinski definition) is 0. The molecular weight excluding hydrogens is 655 g/mol. The molecule has 0 N–H and O–H groups in total. The van der Waals surface area contributed by atoms with E-state index in [0.29, 0.717) is 0 Å². The van der Waals surface area contributed by atoms with Gasteiger partial charge in [0.1, 0.15) is 11.2 Å². The van der Waals surface area contributed by atoms with Gasteiger partial charge in [-0.2, -0.15) is 0 Å². The van der Waals surface area contributed by atoms with Crippen molar-refractivity contribution in [2.24, 2.45) is 0 Å². The van der Waals surface area contributed by atoms with Gasteiger partial charge in [0.15, 0.2) is 0 Å². The Morgan fingerprint density at radius 2 is 0.926 bits per heavy atom. The fraction of sp³-hybridized carbons (Fsp3) is 0.115. The van der Waals surface area contributed by atoms with Crippen molar-refractivity contribution in [2.75, 3.05) is 4.90 Å². The van der Waals surface area contributed by atoms with Gasteiger partial charge in [0.2, 0.25) is 0 Å². The summed E-state index contributed by atoms with van der Waals surface area (Å²) < 4.78 is 6.63. The third-order valence-electron chi connectivity index (χ3n) is 12.5. The van der Waals surface area contributed by atoms with Gasteiger partial charge in [-0.25, -0.2) is 0 Å². The maximum absolute atomic E-state index is 6.63. The molecule has 0 aliphatic heterocycles. The lowest BCUT2D eigenvalue weighted by Crippen LogP contribution is -2.16. The Balaban J connectivity index is 1.08. The second kappa shape index (κ2) is 11.1. The van der Waals surface area contributed by atoms with E-state index in [2.05, 4.69) is 196 Å². The number of hydrogen-bond acceptors (Lipinski definition) is 2. The highest BCUT2D eigenvalue weighted by Gasteiger charge is 2.37. The van der Waals surface area contributed by atoms with Crippen molar-refractivity contribution in [1.82, 2.24) is 0 Å². The van der Waals surface area contributed by atoms with Crippen molar-refractivity contribution in [2.45, 2.75) is 38.5 Å². The summed E-state index contributed by atoms with van der Waals surface area (Å²) in [5, 5.41) is 4.76. The fourth-order valence-electron chi connectivity index (χ4n) is 9.73. The molecule has 0 fully saturated rings. The van der Waals surface area contributed by atoms with Crippen molar-refractivity contribution in [3.05, 3.63) is 186 Å². The third kappa shape index (κ3) is 4.28. The van der Waals surface area contributed by atoms with Crippen molar-refractivity contribution >= 4 is 49.8 Å². The van der Waals surface area contributed by atoms with Crippen LogP contribution in [0.15, 0.2) is 168 Å². The number of benzene rings is 8. The third-order valence-corrected chi connectivity index (χ3v) is 12.5. The summed E-state index contributed by atoms with van der Waals surface area (Å²) in [5.74, 6) is 0. The van der Waals surface area contributed by atoms with Crippen LogP contribution in [0.4, 0.5) is 17.1 Å². The SMILES string of the molecule is CC1(C)c2ccccc2-c2cc(N(c3ccc(-c4cccc5c4oc4ccc6ccccc6c45)cc3)c3ccc4c(c3)-c3ccccc3C4(C)C)ccc21. The highest BCUT2D eigenvalue weighted by atomic mass is 16.3. The Kier molecular flexibility index (Phi) is 6.39. The van der Waals surface area contributed by atoms with Gasteiger partial charge in [-0.3, -0.25) is 0 Å². The average molecular weight is 694 g/mol. The van der Waals surface area contributed by atoms with Crippen LogP contribution in [0.2, 0.25) is 0 Å². The zero-order chi connectivity index (χ0) is 36.3. The highest BCUT2D eigenvalue weighted by molar-refractivity contribution is 6.20. The molecule has 2 heteroatoms. The van der Waals surface area contributed by atoms with E-state index in [1.165, 1.54) is 60.7 Å². The highest BCUT2D eigenvalue weighted by Crippen LogP contribution is 2.53. The Bertz CT molecular complexity index is 2890. The molecule has 11 rings (SSSR count). The van der Waals surface area contributed by atoms with Crippen LogP contribution >= 0.6 is 0 Å². The molecule has 0 amide bonds. The van der Waals surface area contributed by atoms with Crippen LogP contribution in [-0.4, -0.2) is 0 Å². The maximum Gasteiger partial charge on any atom is 0.143 e. The molecule has 9 aromatic rings. The molecule has 2 aliphatic carbocycles. The minimum atomic E-state index is -0.0518. The number of furan rings is 1.